The molecule has 2 rings (SSSR count). The number of hydrogen-bond donors (Lipinski definition) is 3. The number of amides is 2. The molecule has 20 heavy (non-hydrogen) atoms. The third-order valence-corrected chi connectivity index (χ3v) is 5.05. The van der Waals surface area contributed by atoms with Crippen LogP contribution >= 0.6 is 0 Å². The van der Waals surface area contributed by atoms with E-state index in [-0.39, 0.29) is 12.6 Å². The molecule has 0 aromatic heterocycles. The molecule has 0 saturated heterocycles. The predicted molar refractivity (Wildman–Crippen MR) is 76.4 cm³/mol. The summed E-state index contributed by atoms with van der Waals surface area (Å²) >= 11 is 0. The minimum atomic E-state index is -0.774. The van der Waals surface area contributed by atoms with Crippen molar-refractivity contribution in [3.8, 4) is 0 Å². The maximum Gasteiger partial charge on any atom is 0.314 e. The maximum absolute atomic E-state index is 11.7. The summed E-state index contributed by atoms with van der Waals surface area (Å²) in [4.78, 5) is 23.3. The smallest absolute Gasteiger partial charge is 0.314 e. The fourth-order valence-corrected chi connectivity index (χ4v) is 3.03. The number of aliphatic carboxylic acids is 1. The van der Waals surface area contributed by atoms with Crippen LogP contribution in [0.3, 0.4) is 0 Å². The SMILES string of the molecule is CC1CCC(CNC(=O)NCC2CCC2)(C(=O)O)CC1. The van der Waals surface area contributed by atoms with Gasteiger partial charge in [0.1, 0.15) is 0 Å². The number of carboxylic acid groups (broad SMARTS) is 1. The second-order valence-electron chi connectivity index (χ2n) is 6.63. The van der Waals surface area contributed by atoms with E-state index in [1.165, 1.54) is 19.3 Å². The number of hydrogen-bond acceptors (Lipinski definition) is 2. The molecular formula is C15H26N2O3. The molecule has 2 saturated carbocycles. The normalized spacial score (nSPS) is 30.4. The summed E-state index contributed by atoms with van der Waals surface area (Å²) < 4.78 is 0. The van der Waals surface area contributed by atoms with Gasteiger partial charge in [0.25, 0.3) is 0 Å². The molecule has 2 amide bonds. The van der Waals surface area contributed by atoms with Crippen molar-refractivity contribution in [3.05, 3.63) is 0 Å². The van der Waals surface area contributed by atoms with E-state index < -0.39 is 11.4 Å². The molecule has 0 aliphatic heterocycles. The highest BCUT2D eigenvalue weighted by molar-refractivity contribution is 5.78. The van der Waals surface area contributed by atoms with E-state index in [4.69, 9.17) is 0 Å². The topological polar surface area (TPSA) is 78.4 Å². The van der Waals surface area contributed by atoms with Crippen molar-refractivity contribution < 1.29 is 14.7 Å². The first-order valence-electron chi connectivity index (χ1n) is 7.77. The summed E-state index contributed by atoms with van der Waals surface area (Å²) in [7, 11) is 0. The number of carbonyl (C=O) groups is 2. The van der Waals surface area contributed by atoms with Crippen molar-refractivity contribution >= 4 is 12.0 Å². The molecule has 0 atom stereocenters. The van der Waals surface area contributed by atoms with Gasteiger partial charge < -0.3 is 15.7 Å². The number of urea groups is 1. The van der Waals surface area contributed by atoms with E-state index in [9.17, 15) is 14.7 Å². The molecule has 0 bridgehead atoms. The Bertz CT molecular complexity index is 358. The molecule has 2 fully saturated rings. The first-order valence-corrected chi connectivity index (χ1v) is 7.77. The largest absolute Gasteiger partial charge is 0.481 e. The molecule has 0 spiro atoms. The van der Waals surface area contributed by atoms with E-state index in [0.717, 1.165) is 12.8 Å². The van der Waals surface area contributed by atoms with Crippen molar-refractivity contribution in [2.75, 3.05) is 13.1 Å². The number of carbonyl (C=O) groups excluding carboxylic acids is 1. The molecule has 3 N–H and O–H groups in total. The van der Waals surface area contributed by atoms with Gasteiger partial charge >= 0.3 is 12.0 Å². The van der Waals surface area contributed by atoms with Gasteiger partial charge in [-0.3, -0.25) is 4.79 Å². The fourth-order valence-electron chi connectivity index (χ4n) is 3.03. The van der Waals surface area contributed by atoms with Crippen LogP contribution in [-0.2, 0) is 4.79 Å². The van der Waals surface area contributed by atoms with E-state index in [0.29, 0.717) is 31.2 Å². The molecule has 2 aliphatic rings. The van der Waals surface area contributed by atoms with Gasteiger partial charge in [-0.15, -0.1) is 0 Å². The predicted octanol–water partition coefficient (Wildman–Crippen LogP) is 2.37. The highest BCUT2D eigenvalue weighted by atomic mass is 16.4. The van der Waals surface area contributed by atoms with Gasteiger partial charge in [-0.25, -0.2) is 4.79 Å². The van der Waals surface area contributed by atoms with Crippen LogP contribution in [0.1, 0.15) is 51.9 Å². The fraction of sp³-hybridized carbons (Fsp3) is 0.867. The van der Waals surface area contributed by atoms with Crippen LogP contribution in [0.2, 0.25) is 0 Å². The molecular weight excluding hydrogens is 256 g/mol. The Morgan fingerprint density at radius 1 is 1.15 bits per heavy atom. The van der Waals surface area contributed by atoms with E-state index in [1.54, 1.807) is 0 Å². The zero-order chi connectivity index (χ0) is 14.6. The standard InChI is InChI=1S/C15H26N2O3/c1-11-5-7-15(8-6-11,13(18)19)10-17-14(20)16-9-12-3-2-4-12/h11-12H,2-10H2,1H3,(H,18,19)(H2,16,17,20). The van der Waals surface area contributed by atoms with Crippen molar-refractivity contribution in [2.24, 2.45) is 17.3 Å². The van der Waals surface area contributed by atoms with Crippen molar-refractivity contribution in [1.29, 1.82) is 0 Å². The van der Waals surface area contributed by atoms with Crippen molar-refractivity contribution in [1.82, 2.24) is 10.6 Å². The molecule has 0 heterocycles. The van der Waals surface area contributed by atoms with Crippen LogP contribution in [0.25, 0.3) is 0 Å². The summed E-state index contributed by atoms with van der Waals surface area (Å²) in [5, 5.41) is 15.1. The summed E-state index contributed by atoms with van der Waals surface area (Å²) in [5.41, 5.74) is -0.764. The molecule has 5 nitrogen and oxygen atoms in total. The molecule has 114 valence electrons. The molecule has 0 aromatic rings. The average Bonchev–Trinajstić information content (AvgIpc) is 2.36. The van der Waals surface area contributed by atoms with E-state index >= 15 is 0 Å². The lowest BCUT2D eigenvalue weighted by Gasteiger charge is -2.35. The highest BCUT2D eigenvalue weighted by Crippen LogP contribution is 2.38. The lowest BCUT2D eigenvalue weighted by molar-refractivity contribution is -0.151. The third-order valence-electron chi connectivity index (χ3n) is 5.05. The number of rotatable bonds is 5. The first kappa shape index (κ1) is 15.1. The summed E-state index contributed by atoms with van der Waals surface area (Å²) in [6, 6.07) is -0.226. The molecule has 0 aromatic carbocycles. The Morgan fingerprint density at radius 2 is 1.80 bits per heavy atom. The van der Waals surface area contributed by atoms with Crippen molar-refractivity contribution in [2.45, 2.75) is 51.9 Å². The minimum Gasteiger partial charge on any atom is -0.481 e. The zero-order valence-corrected chi connectivity index (χ0v) is 12.3. The average molecular weight is 282 g/mol. The van der Waals surface area contributed by atoms with Crippen LogP contribution in [0.5, 0.6) is 0 Å². The van der Waals surface area contributed by atoms with Gasteiger partial charge in [-0.05, 0) is 50.4 Å². The van der Waals surface area contributed by atoms with Crippen LogP contribution < -0.4 is 10.6 Å². The quantitative estimate of drug-likeness (QED) is 0.724. The van der Waals surface area contributed by atoms with E-state index in [1.807, 2.05) is 0 Å². The summed E-state index contributed by atoms with van der Waals surface area (Å²) in [5.74, 6) is 0.434. The molecule has 2 aliphatic carbocycles. The second kappa shape index (κ2) is 6.46. The van der Waals surface area contributed by atoms with Gasteiger partial charge in [0.05, 0.1) is 5.41 Å². The van der Waals surface area contributed by atoms with Gasteiger partial charge in [0.2, 0.25) is 0 Å². The minimum absolute atomic E-state index is 0.226. The lowest BCUT2D eigenvalue weighted by Crippen LogP contribution is -2.48. The highest BCUT2D eigenvalue weighted by Gasteiger charge is 2.41. The monoisotopic (exact) mass is 282 g/mol. The van der Waals surface area contributed by atoms with Crippen LogP contribution in [-0.4, -0.2) is 30.2 Å². The van der Waals surface area contributed by atoms with Gasteiger partial charge in [-0.1, -0.05) is 13.3 Å². The van der Waals surface area contributed by atoms with Crippen molar-refractivity contribution in [3.63, 3.8) is 0 Å². The molecule has 0 unspecified atom stereocenters. The molecule has 5 heteroatoms. The second-order valence-corrected chi connectivity index (χ2v) is 6.63. The third kappa shape index (κ3) is 3.64. The zero-order valence-electron chi connectivity index (χ0n) is 12.3. The Kier molecular flexibility index (Phi) is 4.89. The van der Waals surface area contributed by atoms with Crippen LogP contribution in [0, 0.1) is 17.3 Å². The Labute approximate surface area is 120 Å². The molecule has 0 radical (unpaired) electrons. The van der Waals surface area contributed by atoms with Gasteiger partial charge in [0.15, 0.2) is 0 Å². The summed E-state index contributed by atoms with van der Waals surface area (Å²) in [6.07, 6.45) is 6.82. The summed E-state index contributed by atoms with van der Waals surface area (Å²) in [6.45, 7) is 3.11. The van der Waals surface area contributed by atoms with Gasteiger partial charge in [-0.2, -0.15) is 0 Å². The maximum atomic E-state index is 11.7. The van der Waals surface area contributed by atoms with Crippen LogP contribution in [0.15, 0.2) is 0 Å². The number of carboxylic acids is 1. The Balaban J connectivity index is 1.76. The lowest BCUT2D eigenvalue weighted by atomic mass is 9.71. The number of nitrogens with one attached hydrogen (secondary N) is 2. The first-order chi connectivity index (χ1) is 9.52. The van der Waals surface area contributed by atoms with Crippen LogP contribution in [0.4, 0.5) is 4.79 Å². The van der Waals surface area contributed by atoms with E-state index in [2.05, 4.69) is 17.6 Å². The van der Waals surface area contributed by atoms with Gasteiger partial charge in [0, 0.05) is 13.1 Å². The Hall–Kier alpha value is -1.26. The Morgan fingerprint density at radius 3 is 2.30 bits per heavy atom.